The summed E-state index contributed by atoms with van der Waals surface area (Å²) in [6.45, 7) is 0.636. The number of hydrogen-bond donors (Lipinski definition) is 1. The molecule has 4 rings (SSSR count). The number of likely N-dealkylation sites (N-methyl/N-ethyl adjacent to an activating group) is 1. The summed E-state index contributed by atoms with van der Waals surface area (Å²) >= 11 is 0. The van der Waals surface area contributed by atoms with Crippen LogP contribution in [0.5, 0.6) is 0 Å². The van der Waals surface area contributed by atoms with Gasteiger partial charge in [0.1, 0.15) is 12.4 Å². The molecule has 4 aromatic rings. The molecule has 0 radical (unpaired) electrons. The van der Waals surface area contributed by atoms with Gasteiger partial charge in [-0.15, -0.1) is 0 Å². The van der Waals surface area contributed by atoms with Crippen molar-refractivity contribution in [3.05, 3.63) is 96.3 Å². The number of aromatic nitrogens is 2. The highest BCUT2D eigenvalue weighted by atomic mass is 16.2. The van der Waals surface area contributed by atoms with E-state index < -0.39 is 0 Å². The minimum atomic E-state index is -0.0336. The molecule has 0 unspecified atom stereocenters. The fraction of sp³-hybridized carbons (Fsp3) is 0.192. The highest BCUT2D eigenvalue weighted by Gasteiger charge is 2.17. The Morgan fingerprint density at radius 2 is 1.56 bits per heavy atom. The molecule has 1 aromatic heterocycles. The summed E-state index contributed by atoms with van der Waals surface area (Å²) in [4.78, 5) is 31.7. The molecule has 0 bridgehead atoms. The van der Waals surface area contributed by atoms with Crippen molar-refractivity contribution in [2.45, 2.75) is 19.4 Å². The number of carbonyl (C=O) groups excluding carboxylic acids is 2. The molecule has 6 nitrogen and oxygen atoms in total. The first kappa shape index (κ1) is 21.3. The number of carbonyl (C=O) groups is 2. The average molecular weight is 427 g/mol. The largest absolute Gasteiger partial charge is 0.355 e. The van der Waals surface area contributed by atoms with Gasteiger partial charge in [-0.25, -0.2) is 4.98 Å². The van der Waals surface area contributed by atoms with Gasteiger partial charge in [-0.3, -0.25) is 9.59 Å². The molecule has 162 valence electrons. The third kappa shape index (κ3) is 5.03. The predicted octanol–water partition coefficient (Wildman–Crippen LogP) is 3.60. The maximum Gasteiger partial charge on any atom is 0.246 e. The molecule has 1 heterocycles. The average Bonchev–Trinajstić information content (AvgIpc) is 3.17. The first-order valence-electron chi connectivity index (χ1n) is 10.7. The molecule has 3 aromatic carbocycles. The molecule has 0 aliphatic carbocycles. The third-order valence-corrected chi connectivity index (χ3v) is 5.42. The van der Waals surface area contributed by atoms with Gasteiger partial charge in [-0.05, 0) is 29.8 Å². The van der Waals surface area contributed by atoms with Crippen LogP contribution in [0.2, 0.25) is 0 Å². The van der Waals surface area contributed by atoms with E-state index in [1.165, 1.54) is 0 Å². The van der Waals surface area contributed by atoms with Crippen LogP contribution in [0.4, 0.5) is 5.69 Å². The number of imidazole rings is 1. The lowest BCUT2D eigenvalue weighted by atomic mass is 10.1. The topological polar surface area (TPSA) is 67.2 Å². The van der Waals surface area contributed by atoms with Crippen molar-refractivity contribution in [3.8, 4) is 0 Å². The number of para-hydroxylation sites is 3. The summed E-state index contributed by atoms with van der Waals surface area (Å²) in [5, 5.41) is 2.97. The van der Waals surface area contributed by atoms with Gasteiger partial charge in [-0.2, -0.15) is 0 Å². The maximum atomic E-state index is 13.0. The molecule has 0 saturated carbocycles. The van der Waals surface area contributed by atoms with E-state index in [1.54, 1.807) is 11.9 Å². The zero-order chi connectivity index (χ0) is 22.3. The Morgan fingerprint density at radius 1 is 0.906 bits per heavy atom. The van der Waals surface area contributed by atoms with E-state index in [0.29, 0.717) is 19.4 Å². The lowest BCUT2D eigenvalue weighted by Gasteiger charge is -2.18. The van der Waals surface area contributed by atoms with Crippen LogP contribution in [0.15, 0.2) is 84.9 Å². The molecule has 0 atom stereocenters. The molecule has 0 saturated heterocycles. The third-order valence-electron chi connectivity index (χ3n) is 5.42. The van der Waals surface area contributed by atoms with Crippen molar-refractivity contribution in [3.63, 3.8) is 0 Å². The number of nitrogens with one attached hydrogen (secondary N) is 1. The molecule has 32 heavy (non-hydrogen) atoms. The fourth-order valence-electron chi connectivity index (χ4n) is 3.69. The van der Waals surface area contributed by atoms with Gasteiger partial charge in [-0.1, -0.05) is 60.7 Å². The first-order valence-corrected chi connectivity index (χ1v) is 10.7. The molecule has 0 spiro atoms. The quantitative estimate of drug-likeness (QED) is 0.468. The number of benzene rings is 3. The van der Waals surface area contributed by atoms with Gasteiger partial charge in [0.15, 0.2) is 0 Å². The normalized spacial score (nSPS) is 10.8. The zero-order valence-electron chi connectivity index (χ0n) is 18.1. The van der Waals surface area contributed by atoms with Crippen LogP contribution in [0, 0.1) is 0 Å². The Kier molecular flexibility index (Phi) is 6.60. The van der Waals surface area contributed by atoms with Crippen molar-refractivity contribution in [2.24, 2.45) is 0 Å². The first-order chi connectivity index (χ1) is 15.6. The minimum Gasteiger partial charge on any atom is -0.355 e. The Balaban J connectivity index is 1.45. The summed E-state index contributed by atoms with van der Waals surface area (Å²) in [5.41, 5.74) is 3.57. The smallest absolute Gasteiger partial charge is 0.246 e. The predicted molar refractivity (Wildman–Crippen MR) is 126 cm³/mol. The van der Waals surface area contributed by atoms with Crippen molar-refractivity contribution < 1.29 is 9.59 Å². The SMILES string of the molecule is CN(C(=O)Cn1c(CCNC(=O)Cc2ccccc2)nc2ccccc21)c1ccccc1. The second kappa shape index (κ2) is 9.92. The molecule has 2 amide bonds. The lowest BCUT2D eigenvalue weighted by Crippen LogP contribution is -2.31. The Bertz CT molecular complexity index is 1200. The molecule has 0 aliphatic heterocycles. The van der Waals surface area contributed by atoms with Gasteiger partial charge in [0, 0.05) is 25.7 Å². The highest BCUT2D eigenvalue weighted by molar-refractivity contribution is 5.93. The van der Waals surface area contributed by atoms with Crippen LogP contribution in [0.25, 0.3) is 11.0 Å². The van der Waals surface area contributed by atoms with Crippen molar-refractivity contribution in [2.75, 3.05) is 18.5 Å². The van der Waals surface area contributed by atoms with E-state index in [-0.39, 0.29) is 18.4 Å². The van der Waals surface area contributed by atoms with E-state index in [4.69, 9.17) is 4.98 Å². The molecule has 6 heteroatoms. The Labute approximate surface area is 187 Å². The van der Waals surface area contributed by atoms with E-state index in [9.17, 15) is 9.59 Å². The van der Waals surface area contributed by atoms with Gasteiger partial charge in [0.05, 0.1) is 17.5 Å². The summed E-state index contributed by atoms with van der Waals surface area (Å²) in [6.07, 6.45) is 0.884. The van der Waals surface area contributed by atoms with Crippen LogP contribution in [-0.2, 0) is 29.0 Å². The lowest BCUT2D eigenvalue weighted by molar-refractivity contribution is -0.120. The van der Waals surface area contributed by atoms with E-state index in [0.717, 1.165) is 28.1 Å². The minimum absolute atomic E-state index is 0.0289. The van der Waals surface area contributed by atoms with Crippen LogP contribution in [-0.4, -0.2) is 35.0 Å². The standard InChI is InChI=1S/C26H26N4O2/c1-29(21-12-6-3-7-13-21)26(32)19-30-23-15-9-8-14-22(23)28-24(30)16-17-27-25(31)18-20-10-4-2-5-11-20/h2-15H,16-19H2,1H3,(H,27,31). The molecule has 0 aliphatic rings. The fourth-order valence-corrected chi connectivity index (χ4v) is 3.69. The second-order valence-corrected chi connectivity index (χ2v) is 7.65. The van der Waals surface area contributed by atoms with Crippen LogP contribution >= 0.6 is 0 Å². The summed E-state index contributed by atoms with van der Waals surface area (Å²) in [7, 11) is 1.78. The number of nitrogens with zero attached hydrogens (tertiary/aromatic N) is 3. The van der Waals surface area contributed by atoms with E-state index >= 15 is 0 Å². The van der Waals surface area contributed by atoms with Gasteiger partial charge in [0.25, 0.3) is 0 Å². The zero-order valence-corrected chi connectivity index (χ0v) is 18.1. The summed E-state index contributed by atoms with van der Waals surface area (Å²) in [5.74, 6) is 0.716. The van der Waals surface area contributed by atoms with Gasteiger partial charge in [0.2, 0.25) is 11.8 Å². The number of anilines is 1. The summed E-state index contributed by atoms with van der Waals surface area (Å²) in [6, 6.07) is 27.0. The van der Waals surface area contributed by atoms with Gasteiger partial charge >= 0.3 is 0 Å². The monoisotopic (exact) mass is 426 g/mol. The highest BCUT2D eigenvalue weighted by Crippen LogP contribution is 2.18. The molecule has 1 N–H and O–H groups in total. The van der Waals surface area contributed by atoms with Crippen LogP contribution in [0.1, 0.15) is 11.4 Å². The van der Waals surface area contributed by atoms with E-state index in [1.807, 2.05) is 89.5 Å². The van der Waals surface area contributed by atoms with Crippen LogP contribution < -0.4 is 10.2 Å². The maximum absolute atomic E-state index is 13.0. The Morgan fingerprint density at radius 3 is 2.31 bits per heavy atom. The second-order valence-electron chi connectivity index (χ2n) is 7.65. The van der Waals surface area contributed by atoms with Crippen molar-refractivity contribution in [1.29, 1.82) is 0 Å². The van der Waals surface area contributed by atoms with Gasteiger partial charge < -0.3 is 14.8 Å². The number of hydrogen-bond acceptors (Lipinski definition) is 3. The molecular weight excluding hydrogens is 400 g/mol. The van der Waals surface area contributed by atoms with Crippen molar-refractivity contribution >= 4 is 28.5 Å². The molecule has 0 fully saturated rings. The van der Waals surface area contributed by atoms with Crippen molar-refractivity contribution in [1.82, 2.24) is 14.9 Å². The number of amides is 2. The molecular formula is C26H26N4O2. The van der Waals surface area contributed by atoms with E-state index in [2.05, 4.69) is 5.32 Å². The van der Waals surface area contributed by atoms with Crippen LogP contribution in [0.3, 0.4) is 0 Å². The number of fused-ring (bicyclic) bond motifs is 1. The summed E-state index contributed by atoms with van der Waals surface area (Å²) < 4.78 is 1.94. The Hall–Kier alpha value is -3.93. The number of rotatable bonds is 8.